The fraction of sp³-hybridized carbons (Fsp3) is 0.533. The van der Waals surface area contributed by atoms with Crippen molar-refractivity contribution in [1.29, 1.82) is 0 Å². The van der Waals surface area contributed by atoms with Crippen LogP contribution in [0.2, 0.25) is 0 Å². The van der Waals surface area contributed by atoms with Gasteiger partial charge in [-0.25, -0.2) is 4.98 Å². The lowest BCUT2D eigenvalue weighted by Crippen LogP contribution is -2.17. The molecule has 0 amide bonds. The zero-order chi connectivity index (χ0) is 12.5. The molecular formula is C15H21N3. The SMILES string of the molecule is CC1CCC(Cn2cnc3cc(N)ccc32)CC1. The van der Waals surface area contributed by atoms with Crippen molar-refractivity contribution >= 4 is 16.7 Å². The molecule has 2 N–H and O–H groups in total. The second-order valence-corrected chi connectivity index (χ2v) is 5.77. The third-order valence-electron chi connectivity index (χ3n) is 4.24. The van der Waals surface area contributed by atoms with Crippen LogP contribution in [0.25, 0.3) is 11.0 Å². The fourth-order valence-corrected chi connectivity index (χ4v) is 3.02. The maximum Gasteiger partial charge on any atom is 0.0958 e. The molecule has 0 saturated heterocycles. The molecular weight excluding hydrogens is 222 g/mol. The molecule has 1 aromatic carbocycles. The molecule has 0 bridgehead atoms. The van der Waals surface area contributed by atoms with Crippen LogP contribution in [0, 0.1) is 11.8 Å². The van der Waals surface area contributed by atoms with Gasteiger partial charge in [-0.1, -0.05) is 19.8 Å². The Bertz CT molecular complexity index is 536. The number of hydrogen-bond acceptors (Lipinski definition) is 2. The van der Waals surface area contributed by atoms with Gasteiger partial charge >= 0.3 is 0 Å². The maximum atomic E-state index is 5.78. The van der Waals surface area contributed by atoms with Gasteiger partial charge in [0.2, 0.25) is 0 Å². The average molecular weight is 243 g/mol. The largest absolute Gasteiger partial charge is 0.399 e. The second kappa shape index (κ2) is 4.63. The van der Waals surface area contributed by atoms with Crippen LogP contribution >= 0.6 is 0 Å². The zero-order valence-electron chi connectivity index (χ0n) is 11.0. The van der Waals surface area contributed by atoms with Crippen LogP contribution in [-0.4, -0.2) is 9.55 Å². The Kier molecular flexibility index (Phi) is 2.98. The molecule has 0 radical (unpaired) electrons. The minimum atomic E-state index is 0.791. The number of anilines is 1. The van der Waals surface area contributed by atoms with Gasteiger partial charge in [0.1, 0.15) is 0 Å². The predicted octanol–water partition coefficient (Wildman–Crippen LogP) is 3.44. The summed E-state index contributed by atoms with van der Waals surface area (Å²) in [4.78, 5) is 4.44. The van der Waals surface area contributed by atoms with Crippen LogP contribution in [0.5, 0.6) is 0 Å². The third kappa shape index (κ3) is 2.22. The van der Waals surface area contributed by atoms with Crippen molar-refractivity contribution in [2.24, 2.45) is 11.8 Å². The molecule has 0 atom stereocenters. The quantitative estimate of drug-likeness (QED) is 0.821. The first-order valence-corrected chi connectivity index (χ1v) is 6.93. The number of rotatable bonds is 2. The molecule has 96 valence electrons. The Morgan fingerprint density at radius 3 is 2.83 bits per heavy atom. The topological polar surface area (TPSA) is 43.8 Å². The van der Waals surface area contributed by atoms with Gasteiger partial charge in [-0.05, 0) is 42.9 Å². The van der Waals surface area contributed by atoms with Gasteiger partial charge in [0.05, 0.1) is 17.4 Å². The molecule has 1 fully saturated rings. The third-order valence-corrected chi connectivity index (χ3v) is 4.24. The van der Waals surface area contributed by atoms with Gasteiger partial charge in [-0.2, -0.15) is 0 Å². The summed E-state index contributed by atoms with van der Waals surface area (Å²) < 4.78 is 2.29. The van der Waals surface area contributed by atoms with E-state index in [0.717, 1.165) is 29.6 Å². The van der Waals surface area contributed by atoms with Crippen molar-refractivity contribution in [3.63, 3.8) is 0 Å². The molecule has 3 heteroatoms. The first kappa shape index (κ1) is 11.6. The number of imidazole rings is 1. The van der Waals surface area contributed by atoms with Gasteiger partial charge in [-0.3, -0.25) is 0 Å². The lowest BCUT2D eigenvalue weighted by molar-refractivity contribution is 0.266. The van der Waals surface area contributed by atoms with Crippen molar-refractivity contribution in [2.75, 3.05) is 5.73 Å². The number of fused-ring (bicyclic) bond motifs is 1. The number of nitrogen functional groups attached to an aromatic ring is 1. The summed E-state index contributed by atoms with van der Waals surface area (Å²) in [5.41, 5.74) is 8.80. The first-order chi connectivity index (χ1) is 8.72. The summed E-state index contributed by atoms with van der Waals surface area (Å²) in [5, 5.41) is 0. The normalized spacial score (nSPS) is 24.5. The lowest BCUT2D eigenvalue weighted by atomic mass is 9.83. The van der Waals surface area contributed by atoms with Crippen molar-refractivity contribution in [3.05, 3.63) is 24.5 Å². The van der Waals surface area contributed by atoms with Crippen molar-refractivity contribution in [2.45, 2.75) is 39.2 Å². The highest BCUT2D eigenvalue weighted by molar-refractivity contribution is 5.78. The number of nitrogens with two attached hydrogens (primary N) is 1. The molecule has 3 rings (SSSR count). The monoisotopic (exact) mass is 243 g/mol. The van der Waals surface area contributed by atoms with E-state index in [2.05, 4.69) is 22.5 Å². The maximum absolute atomic E-state index is 5.78. The molecule has 1 aliphatic carbocycles. The number of nitrogens with zero attached hydrogens (tertiary/aromatic N) is 2. The van der Waals surface area contributed by atoms with E-state index >= 15 is 0 Å². The number of benzene rings is 1. The van der Waals surface area contributed by atoms with E-state index in [-0.39, 0.29) is 0 Å². The molecule has 0 aliphatic heterocycles. The van der Waals surface area contributed by atoms with Gasteiger partial charge < -0.3 is 10.3 Å². The van der Waals surface area contributed by atoms with E-state index in [0.29, 0.717) is 0 Å². The molecule has 0 spiro atoms. The number of aromatic nitrogens is 2. The van der Waals surface area contributed by atoms with Gasteiger partial charge in [0, 0.05) is 12.2 Å². The van der Waals surface area contributed by atoms with Crippen LogP contribution in [0.15, 0.2) is 24.5 Å². The summed E-state index contributed by atoms with van der Waals surface area (Å²) in [6.07, 6.45) is 7.43. The van der Waals surface area contributed by atoms with Crippen molar-refractivity contribution in [1.82, 2.24) is 9.55 Å². The summed E-state index contributed by atoms with van der Waals surface area (Å²) in [5.74, 6) is 1.73. The average Bonchev–Trinajstić information content (AvgIpc) is 2.74. The van der Waals surface area contributed by atoms with E-state index < -0.39 is 0 Å². The van der Waals surface area contributed by atoms with E-state index in [1.54, 1.807) is 0 Å². The Morgan fingerprint density at radius 2 is 2.06 bits per heavy atom. The summed E-state index contributed by atoms with van der Waals surface area (Å²) in [7, 11) is 0. The van der Waals surface area contributed by atoms with E-state index in [4.69, 9.17) is 5.73 Å². The van der Waals surface area contributed by atoms with Crippen molar-refractivity contribution in [3.8, 4) is 0 Å². The van der Waals surface area contributed by atoms with Crippen LogP contribution in [0.4, 0.5) is 5.69 Å². The van der Waals surface area contributed by atoms with Gasteiger partial charge in [-0.15, -0.1) is 0 Å². The summed E-state index contributed by atoms with van der Waals surface area (Å²) in [6, 6.07) is 6.00. The zero-order valence-corrected chi connectivity index (χ0v) is 11.0. The fourth-order valence-electron chi connectivity index (χ4n) is 3.02. The van der Waals surface area contributed by atoms with E-state index in [1.165, 1.54) is 31.2 Å². The van der Waals surface area contributed by atoms with Crippen LogP contribution < -0.4 is 5.73 Å². The highest BCUT2D eigenvalue weighted by Crippen LogP contribution is 2.30. The molecule has 1 aromatic heterocycles. The molecule has 18 heavy (non-hydrogen) atoms. The summed E-state index contributed by atoms with van der Waals surface area (Å²) >= 11 is 0. The highest BCUT2D eigenvalue weighted by atomic mass is 15.0. The van der Waals surface area contributed by atoms with Gasteiger partial charge in [0.15, 0.2) is 0 Å². The predicted molar refractivity (Wildman–Crippen MR) is 75.3 cm³/mol. The first-order valence-electron chi connectivity index (χ1n) is 6.93. The lowest BCUT2D eigenvalue weighted by Gasteiger charge is -2.26. The van der Waals surface area contributed by atoms with Crippen molar-refractivity contribution < 1.29 is 0 Å². The number of hydrogen-bond donors (Lipinski definition) is 1. The molecule has 0 unspecified atom stereocenters. The van der Waals surface area contributed by atoms with Crippen LogP contribution in [0.1, 0.15) is 32.6 Å². The minimum Gasteiger partial charge on any atom is -0.399 e. The Balaban J connectivity index is 1.78. The minimum absolute atomic E-state index is 0.791. The highest BCUT2D eigenvalue weighted by Gasteiger charge is 2.19. The van der Waals surface area contributed by atoms with E-state index in [9.17, 15) is 0 Å². The molecule has 1 saturated carbocycles. The van der Waals surface area contributed by atoms with E-state index in [1.807, 2.05) is 18.5 Å². The molecule has 3 nitrogen and oxygen atoms in total. The Morgan fingerprint density at radius 1 is 1.28 bits per heavy atom. The Labute approximate surface area is 108 Å². The molecule has 1 heterocycles. The van der Waals surface area contributed by atoms with Gasteiger partial charge in [0.25, 0.3) is 0 Å². The molecule has 2 aromatic rings. The second-order valence-electron chi connectivity index (χ2n) is 5.77. The Hall–Kier alpha value is -1.51. The summed E-state index contributed by atoms with van der Waals surface area (Å²) in [6.45, 7) is 3.47. The standard InChI is InChI=1S/C15H21N3/c1-11-2-4-12(5-3-11)9-18-10-17-14-8-13(16)6-7-15(14)18/h6-8,10-12H,2-5,9,16H2,1H3. The molecule has 1 aliphatic rings. The smallest absolute Gasteiger partial charge is 0.0958 e. The van der Waals surface area contributed by atoms with Crippen LogP contribution in [0.3, 0.4) is 0 Å². The van der Waals surface area contributed by atoms with Crippen LogP contribution in [-0.2, 0) is 6.54 Å².